The highest BCUT2D eigenvalue weighted by atomic mass is 19.1. The molecule has 0 saturated carbocycles. The van der Waals surface area contributed by atoms with Crippen LogP contribution in [0.4, 0.5) is 10.1 Å². The van der Waals surface area contributed by atoms with Crippen LogP contribution in [0, 0.1) is 5.82 Å². The number of amides is 2. The molecule has 1 fully saturated rings. The Morgan fingerprint density at radius 2 is 1.65 bits per heavy atom. The first-order valence-electron chi connectivity index (χ1n) is 11.2. The van der Waals surface area contributed by atoms with Crippen LogP contribution in [0.3, 0.4) is 0 Å². The zero-order valence-electron chi connectivity index (χ0n) is 17.8. The van der Waals surface area contributed by atoms with Crippen molar-refractivity contribution in [1.29, 1.82) is 0 Å². The number of benzene rings is 2. The summed E-state index contributed by atoms with van der Waals surface area (Å²) in [7, 11) is 0. The van der Waals surface area contributed by atoms with Gasteiger partial charge < -0.3 is 20.4 Å². The zero-order chi connectivity index (χ0) is 21.6. The van der Waals surface area contributed by atoms with Crippen LogP contribution in [-0.2, 0) is 16.0 Å². The predicted molar refractivity (Wildman–Crippen MR) is 116 cm³/mol. The molecule has 2 aliphatic rings. The van der Waals surface area contributed by atoms with Gasteiger partial charge in [-0.3, -0.25) is 9.59 Å². The monoisotopic (exact) mass is 426 g/mol. The van der Waals surface area contributed by atoms with Gasteiger partial charge in [-0.2, -0.15) is 0 Å². The first-order chi connectivity index (χ1) is 15.1. The van der Waals surface area contributed by atoms with Gasteiger partial charge in [-0.15, -0.1) is 0 Å². The van der Waals surface area contributed by atoms with Crippen molar-refractivity contribution < 1.29 is 23.8 Å². The maximum atomic E-state index is 13.3. The summed E-state index contributed by atoms with van der Waals surface area (Å²) >= 11 is 0. The van der Waals surface area contributed by atoms with Gasteiger partial charge in [-0.1, -0.05) is 30.3 Å². The maximum absolute atomic E-state index is 13.3. The largest absolute Gasteiger partial charge is 0.344 e. The number of nitrogens with one attached hydrogen (secondary N) is 4. The van der Waals surface area contributed by atoms with Gasteiger partial charge in [0, 0.05) is 5.69 Å². The van der Waals surface area contributed by atoms with E-state index in [9.17, 15) is 14.0 Å². The molecule has 0 unspecified atom stereocenters. The van der Waals surface area contributed by atoms with E-state index in [4.69, 9.17) is 0 Å². The lowest BCUT2D eigenvalue weighted by atomic mass is 9.88. The van der Waals surface area contributed by atoms with Crippen LogP contribution >= 0.6 is 0 Å². The van der Waals surface area contributed by atoms with Crippen LogP contribution in [0.1, 0.15) is 30.0 Å². The molecule has 0 aromatic heterocycles. The molecule has 164 valence electrons. The van der Waals surface area contributed by atoms with Crippen molar-refractivity contribution in [1.82, 2.24) is 5.32 Å². The van der Waals surface area contributed by atoms with Gasteiger partial charge in [0.1, 0.15) is 32.0 Å². The van der Waals surface area contributed by atoms with Gasteiger partial charge in [-0.25, -0.2) is 4.39 Å². The van der Waals surface area contributed by atoms with Gasteiger partial charge >= 0.3 is 0 Å². The van der Waals surface area contributed by atoms with Crippen LogP contribution in [0.15, 0.2) is 48.5 Å². The Morgan fingerprint density at radius 1 is 0.935 bits per heavy atom. The molecule has 0 spiro atoms. The van der Waals surface area contributed by atoms with E-state index in [0.717, 1.165) is 45.4 Å². The Labute approximate surface area is 182 Å². The number of aryl methyl sites for hydroxylation is 1. The number of carbonyl (C=O) groups excluding carboxylic acids is 2. The molecule has 1 aliphatic carbocycles. The second-order valence-corrected chi connectivity index (χ2v) is 8.62. The maximum Gasteiger partial charge on any atom is 0.279 e. The Bertz CT molecular complexity index is 927. The first kappa shape index (κ1) is 21.5. The number of hydrogen-bond donors (Lipinski definition) is 4. The first-order valence-corrected chi connectivity index (χ1v) is 11.2. The second-order valence-electron chi connectivity index (χ2n) is 8.62. The van der Waals surface area contributed by atoms with E-state index in [1.54, 1.807) is 12.1 Å². The molecule has 6 nitrogen and oxygen atoms in total. The Kier molecular flexibility index (Phi) is 6.94. The third-order valence-corrected chi connectivity index (χ3v) is 6.30. The smallest absolute Gasteiger partial charge is 0.279 e. The molecule has 1 heterocycles. The van der Waals surface area contributed by atoms with Crippen LogP contribution in [0.5, 0.6) is 0 Å². The highest BCUT2D eigenvalue weighted by Gasteiger charge is 2.28. The number of fused-ring (bicyclic) bond motifs is 1. The zero-order valence-corrected chi connectivity index (χ0v) is 17.8. The fourth-order valence-electron chi connectivity index (χ4n) is 4.69. The Morgan fingerprint density at radius 3 is 2.39 bits per heavy atom. The van der Waals surface area contributed by atoms with Gasteiger partial charge in [0.25, 0.3) is 11.8 Å². The molecule has 2 aromatic carbocycles. The molecule has 31 heavy (non-hydrogen) atoms. The summed E-state index contributed by atoms with van der Waals surface area (Å²) in [5.74, 6) is -0.376. The molecule has 4 N–H and O–H groups in total. The number of carbonyl (C=O) groups is 2. The number of anilines is 1. The summed E-state index contributed by atoms with van der Waals surface area (Å²) in [5.41, 5.74) is 3.09. The average Bonchev–Trinajstić information content (AvgIpc) is 2.75. The van der Waals surface area contributed by atoms with Gasteiger partial charge in [0.05, 0.1) is 6.04 Å². The fraction of sp³-hybridized carbons (Fsp3) is 0.417. The molecule has 1 aliphatic heterocycles. The third kappa shape index (κ3) is 5.89. The van der Waals surface area contributed by atoms with E-state index >= 15 is 0 Å². The number of hydrogen-bond acceptors (Lipinski definition) is 2. The van der Waals surface area contributed by atoms with Crippen molar-refractivity contribution in [2.45, 2.75) is 25.3 Å². The topological polar surface area (TPSA) is 67.1 Å². The summed E-state index contributed by atoms with van der Waals surface area (Å²) in [5, 5.41) is 5.99. The average molecular weight is 427 g/mol. The van der Waals surface area contributed by atoms with Crippen LogP contribution in [0.25, 0.3) is 0 Å². The highest BCUT2D eigenvalue weighted by molar-refractivity contribution is 5.91. The molecular weight excluding hydrogens is 395 g/mol. The molecule has 2 amide bonds. The minimum absolute atomic E-state index is 0.101. The van der Waals surface area contributed by atoms with Crippen LogP contribution in [0.2, 0.25) is 0 Å². The van der Waals surface area contributed by atoms with E-state index in [1.807, 2.05) is 6.07 Å². The molecular formula is C24H31FN4O2+2. The lowest BCUT2D eigenvalue weighted by Gasteiger charge is -2.30. The van der Waals surface area contributed by atoms with Crippen LogP contribution in [-0.4, -0.2) is 51.1 Å². The third-order valence-electron chi connectivity index (χ3n) is 6.30. The number of rotatable bonds is 6. The normalized spacial score (nSPS) is 22.9. The van der Waals surface area contributed by atoms with Crippen molar-refractivity contribution in [2.24, 2.45) is 0 Å². The van der Waals surface area contributed by atoms with E-state index in [1.165, 1.54) is 33.1 Å². The summed E-state index contributed by atoms with van der Waals surface area (Å²) in [6.07, 6.45) is 3.19. The van der Waals surface area contributed by atoms with E-state index in [0.29, 0.717) is 18.8 Å². The summed E-state index contributed by atoms with van der Waals surface area (Å²) in [6.45, 7) is 4.22. The Hall–Kier alpha value is -2.77. The van der Waals surface area contributed by atoms with Crippen molar-refractivity contribution in [3.8, 4) is 0 Å². The summed E-state index contributed by atoms with van der Waals surface area (Å²) in [4.78, 5) is 27.3. The summed E-state index contributed by atoms with van der Waals surface area (Å²) in [6, 6.07) is 14.4. The standard InChI is InChI=1S/C24H29FN4O2/c25-19-7-4-8-20(15-19)26-23(30)16-28-11-13-29(14-12-28)17-24(31)27-22-10-3-6-18-5-1-2-9-21(18)22/h1-2,4-5,7-9,15,22H,3,6,10-14,16-17H2,(H,26,30)(H,27,31)/p+2/t22-/m1/s1. The SMILES string of the molecule is O=C(C[NH+]1CC[NH+](CC(=O)N[C@@H]2CCCc3ccccc32)CC1)Nc1cccc(F)c1. The molecule has 1 saturated heterocycles. The summed E-state index contributed by atoms with van der Waals surface area (Å²) < 4.78 is 13.3. The lowest BCUT2D eigenvalue weighted by Crippen LogP contribution is -3.28. The predicted octanol–water partition coefficient (Wildman–Crippen LogP) is -0.259. The second kappa shape index (κ2) is 10.0. The van der Waals surface area contributed by atoms with Gasteiger partial charge in [0.15, 0.2) is 13.1 Å². The number of piperazine rings is 1. The van der Waals surface area contributed by atoms with E-state index < -0.39 is 0 Å². The minimum atomic E-state index is -0.364. The quantitative estimate of drug-likeness (QED) is 0.514. The number of halogens is 1. The van der Waals surface area contributed by atoms with Crippen LogP contribution < -0.4 is 20.4 Å². The highest BCUT2D eigenvalue weighted by Crippen LogP contribution is 2.29. The Balaban J connectivity index is 1.20. The van der Waals surface area contributed by atoms with Gasteiger partial charge in [0.2, 0.25) is 0 Å². The molecule has 0 radical (unpaired) electrons. The molecule has 0 bridgehead atoms. The van der Waals surface area contributed by atoms with E-state index in [-0.39, 0.29) is 23.7 Å². The van der Waals surface area contributed by atoms with Gasteiger partial charge in [-0.05, 0) is 48.6 Å². The van der Waals surface area contributed by atoms with Crippen molar-refractivity contribution >= 4 is 17.5 Å². The molecule has 4 rings (SSSR count). The fourth-order valence-corrected chi connectivity index (χ4v) is 4.69. The molecule has 2 aromatic rings. The van der Waals surface area contributed by atoms with Crippen molar-refractivity contribution in [3.63, 3.8) is 0 Å². The minimum Gasteiger partial charge on any atom is -0.344 e. The van der Waals surface area contributed by atoms with Crippen molar-refractivity contribution in [2.75, 3.05) is 44.6 Å². The molecule has 7 heteroatoms. The number of quaternary nitrogens is 2. The van der Waals surface area contributed by atoms with Crippen molar-refractivity contribution in [3.05, 3.63) is 65.5 Å². The molecule has 1 atom stereocenters. The lowest BCUT2D eigenvalue weighted by molar-refractivity contribution is -1.00. The van der Waals surface area contributed by atoms with E-state index in [2.05, 4.69) is 28.8 Å².